The highest BCUT2D eigenvalue weighted by atomic mass is 16.6. The van der Waals surface area contributed by atoms with Gasteiger partial charge in [0.05, 0.1) is 0 Å². The third kappa shape index (κ3) is 66.3. The second-order valence-electron chi connectivity index (χ2n) is 24.1. The van der Waals surface area contributed by atoms with E-state index in [-0.39, 0.29) is 31.1 Å². The van der Waals surface area contributed by atoms with Crippen molar-refractivity contribution >= 4 is 17.9 Å². The highest BCUT2D eigenvalue weighted by molar-refractivity contribution is 5.71. The van der Waals surface area contributed by atoms with Crippen LogP contribution in [0.25, 0.3) is 0 Å². The van der Waals surface area contributed by atoms with Gasteiger partial charge in [-0.1, -0.05) is 340 Å². The number of ether oxygens (including phenoxy) is 3. The maximum absolute atomic E-state index is 12.9. The lowest BCUT2D eigenvalue weighted by atomic mass is 10.0. The summed E-state index contributed by atoms with van der Waals surface area (Å²) in [5, 5.41) is 0. The van der Waals surface area contributed by atoms with Crippen LogP contribution in [0, 0.1) is 0 Å². The van der Waals surface area contributed by atoms with E-state index in [1.165, 1.54) is 263 Å². The molecule has 0 aliphatic rings. The van der Waals surface area contributed by atoms with Crippen LogP contribution in [-0.2, 0) is 28.6 Å². The van der Waals surface area contributed by atoms with Crippen LogP contribution in [-0.4, -0.2) is 37.2 Å². The Morgan fingerprint density at radius 1 is 0.253 bits per heavy atom. The zero-order valence-electron chi connectivity index (χ0n) is 53.4. The Hall–Kier alpha value is -2.37. The lowest BCUT2D eigenvalue weighted by Gasteiger charge is -2.18. The molecule has 0 saturated heterocycles. The lowest BCUT2D eigenvalue weighted by molar-refractivity contribution is -0.167. The molecule has 0 fully saturated rings. The molecule has 0 N–H and O–H groups in total. The van der Waals surface area contributed by atoms with Crippen molar-refractivity contribution in [3.8, 4) is 0 Å². The first-order valence-corrected chi connectivity index (χ1v) is 35.5. The van der Waals surface area contributed by atoms with Crippen molar-refractivity contribution in [2.24, 2.45) is 0 Å². The van der Waals surface area contributed by atoms with Gasteiger partial charge in [0.25, 0.3) is 0 Å². The van der Waals surface area contributed by atoms with Gasteiger partial charge in [-0.25, -0.2) is 0 Å². The highest BCUT2D eigenvalue weighted by Gasteiger charge is 2.19. The van der Waals surface area contributed by atoms with Crippen molar-refractivity contribution in [2.45, 2.75) is 399 Å². The van der Waals surface area contributed by atoms with Gasteiger partial charge in [0.1, 0.15) is 13.2 Å². The van der Waals surface area contributed by atoms with Gasteiger partial charge < -0.3 is 14.2 Å². The number of hydrogen-bond acceptors (Lipinski definition) is 6. The van der Waals surface area contributed by atoms with E-state index in [4.69, 9.17) is 14.2 Å². The average molecular weight is 1110 g/mol. The summed E-state index contributed by atoms with van der Waals surface area (Å²) < 4.78 is 16.9. The summed E-state index contributed by atoms with van der Waals surface area (Å²) in [7, 11) is 0. The lowest BCUT2D eigenvalue weighted by Crippen LogP contribution is -2.30. The molecule has 0 radical (unpaired) electrons. The number of carbonyl (C=O) groups excluding carboxylic acids is 3. The predicted molar refractivity (Wildman–Crippen MR) is 344 cm³/mol. The highest BCUT2D eigenvalue weighted by Crippen LogP contribution is 2.19. The van der Waals surface area contributed by atoms with Crippen molar-refractivity contribution in [3.63, 3.8) is 0 Å². The third-order valence-electron chi connectivity index (χ3n) is 16.1. The van der Waals surface area contributed by atoms with Crippen molar-refractivity contribution in [1.29, 1.82) is 0 Å². The summed E-state index contributed by atoms with van der Waals surface area (Å²) >= 11 is 0. The standard InChI is InChI=1S/C73H136O6/c1-4-7-10-13-16-19-22-25-27-28-29-30-31-32-33-34-35-36-37-38-39-40-41-42-43-44-45-46-49-51-54-57-60-63-66-72(75)78-69-70(68-77-71(74)65-62-59-56-53-50-47-24-21-18-15-12-9-6-3)79-73(76)67-64-61-58-55-52-48-26-23-20-17-14-11-8-5-2/h14,17,21,23-24,26,70H,4-13,15-16,18-20,22,25,27-69H2,1-3H3/b17-14-,24-21-,26-23-. The van der Waals surface area contributed by atoms with E-state index in [0.717, 1.165) is 89.9 Å². The largest absolute Gasteiger partial charge is 0.462 e. The molecule has 6 heteroatoms. The summed E-state index contributed by atoms with van der Waals surface area (Å²) in [5.74, 6) is -0.878. The van der Waals surface area contributed by atoms with Crippen LogP contribution in [0.3, 0.4) is 0 Å². The van der Waals surface area contributed by atoms with E-state index in [2.05, 4.69) is 57.2 Å². The molecule has 79 heavy (non-hydrogen) atoms. The fraction of sp³-hybridized carbons (Fsp3) is 0.877. The van der Waals surface area contributed by atoms with Crippen LogP contribution in [0.4, 0.5) is 0 Å². The minimum Gasteiger partial charge on any atom is -0.462 e. The number of carbonyl (C=O) groups is 3. The van der Waals surface area contributed by atoms with E-state index in [1.807, 2.05) is 0 Å². The average Bonchev–Trinajstić information content (AvgIpc) is 3.45. The molecule has 0 aliphatic heterocycles. The number of unbranched alkanes of at least 4 members (excludes halogenated alkanes) is 49. The van der Waals surface area contributed by atoms with Gasteiger partial charge in [-0.05, 0) is 70.6 Å². The number of hydrogen-bond donors (Lipinski definition) is 0. The van der Waals surface area contributed by atoms with E-state index < -0.39 is 6.10 Å². The molecule has 1 unspecified atom stereocenters. The Balaban J connectivity index is 4.04. The number of allylic oxidation sites excluding steroid dienone is 6. The van der Waals surface area contributed by atoms with Gasteiger partial charge in [0, 0.05) is 19.3 Å². The van der Waals surface area contributed by atoms with Gasteiger partial charge in [-0.3, -0.25) is 14.4 Å². The molecule has 464 valence electrons. The summed E-state index contributed by atoms with van der Waals surface area (Å²) in [5.41, 5.74) is 0. The molecule has 1 atom stereocenters. The Bertz CT molecular complexity index is 1320. The molecule has 6 nitrogen and oxygen atoms in total. The van der Waals surface area contributed by atoms with Crippen LogP contribution < -0.4 is 0 Å². The van der Waals surface area contributed by atoms with Crippen LogP contribution in [0.2, 0.25) is 0 Å². The molecule has 0 saturated carbocycles. The van der Waals surface area contributed by atoms with Gasteiger partial charge in [-0.15, -0.1) is 0 Å². The SMILES string of the molecule is CCCC/C=C\C/C=C\CCCCCCCC(=O)OC(COC(=O)CCCCCCC/C=C\CCCCCC)COC(=O)CCCCCCCCCCCCCCCCCCCCCCCCCCCCCCCCCCCC. The summed E-state index contributed by atoms with van der Waals surface area (Å²) in [6, 6.07) is 0. The van der Waals surface area contributed by atoms with Crippen molar-refractivity contribution in [2.75, 3.05) is 13.2 Å². The number of esters is 3. The molecule has 0 amide bonds. The Morgan fingerprint density at radius 2 is 0.468 bits per heavy atom. The first kappa shape index (κ1) is 76.6. The molecule has 0 rings (SSSR count). The van der Waals surface area contributed by atoms with Gasteiger partial charge in [-0.2, -0.15) is 0 Å². The van der Waals surface area contributed by atoms with E-state index >= 15 is 0 Å². The van der Waals surface area contributed by atoms with E-state index in [9.17, 15) is 14.4 Å². The van der Waals surface area contributed by atoms with Gasteiger partial charge in [0.2, 0.25) is 0 Å². The predicted octanol–water partition coefficient (Wildman–Crippen LogP) is 24.3. The number of rotatable bonds is 66. The molecule has 0 aromatic carbocycles. The fourth-order valence-electron chi connectivity index (χ4n) is 10.8. The normalized spacial score (nSPS) is 12.2. The zero-order valence-corrected chi connectivity index (χ0v) is 53.4. The summed E-state index contributed by atoms with van der Waals surface area (Å²) in [6.07, 6.45) is 84.9. The minimum atomic E-state index is -0.781. The van der Waals surface area contributed by atoms with Crippen LogP contribution in [0.1, 0.15) is 393 Å². The first-order valence-electron chi connectivity index (χ1n) is 35.5. The van der Waals surface area contributed by atoms with Crippen molar-refractivity contribution in [3.05, 3.63) is 36.5 Å². The van der Waals surface area contributed by atoms with Crippen LogP contribution in [0.5, 0.6) is 0 Å². The fourth-order valence-corrected chi connectivity index (χ4v) is 10.8. The van der Waals surface area contributed by atoms with Crippen LogP contribution in [0.15, 0.2) is 36.5 Å². The van der Waals surface area contributed by atoms with Gasteiger partial charge >= 0.3 is 17.9 Å². The second kappa shape index (κ2) is 68.1. The Morgan fingerprint density at radius 3 is 0.759 bits per heavy atom. The van der Waals surface area contributed by atoms with Gasteiger partial charge in [0.15, 0.2) is 6.10 Å². The maximum Gasteiger partial charge on any atom is 0.306 e. The molecule has 0 heterocycles. The smallest absolute Gasteiger partial charge is 0.306 e. The minimum absolute atomic E-state index is 0.0766. The van der Waals surface area contributed by atoms with E-state index in [1.54, 1.807) is 0 Å². The van der Waals surface area contributed by atoms with Crippen molar-refractivity contribution in [1.82, 2.24) is 0 Å². The molecular formula is C73H136O6. The Labute approximate surface area is 493 Å². The topological polar surface area (TPSA) is 78.9 Å². The summed E-state index contributed by atoms with van der Waals surface area (Å²) in [4.78, 5) is 38.3. The van der Waals surface area contributed by atoms with Crippen LogP contribution >= 0.6 is 0 Å². The second-order valence-corrected chi connectivity index (χ2v) is 24.1. The van der Waals surface area contributed by atoms with Crippen molar-refractivity contribution < 1.29 is 28.6 Å². The molecule has 0 aromatic heterocycles. The van der Waals surface area contributed by atoms with E-state index in [0.29, 0.717) is 19.3 Å². The quantitative estimate of drug-likeness (QED) is 0.0261. The molecule has 0 aliphatic carbocycles. The summed E-state index contributed by atoms with van der Waals surface area (Å²) in [6.45, 7) is 6.63. The zero-order chi connectivity index (χ0) is 57.1. The molecule has 0 bridgehead atoms. The molecule has 0 spiro atoms. The molecular weight excluding hydrogens is 973 g/mol. The maximum atomic E-state index is 12.9. The monoisotopic (exact) mass is 1110 g/mol. The Kier molecular flexibility index (Phi) is 66.1. The third-order valence-corrected chi connectivity index (χ3v) is 16.1. The first-order chi connectivity index (χ1) is 39.0. The molecule has 0 aromatic rings.